The number of amides is 2. The number of carbonyl (C=O) groups is 2. The van der Waals surface area contributed by atoms with Crippen molar-refractivity contribution in [3.05, 3.63) is 101 Å². The molecule has 0 bridgehead atoms. The van der Waals surface area contributed by atoms with Gasteiger partial charge in [-0.1, -0.05) is 53.7 Å². The Morgan fingerprint density at radius 3 is 2.40 bits per heavy atom. The van der Waals surface area contributed by atoms with Gasteiger partial charge < -0.3 is 14.5 Å². The zero-order valence-corrected chi connectivity index (χ0v) is 25.4. The van der Waals surface area contributed by atoms with E-state index in [0.29, 0.717) is 49.5 Å². The van der Waals surface area contributed by atoms with Crippen LogP contribution in [0.25, 0.3) is 5.69 Å². The number of nitrogens with zero attached hydrogens (tertiary/aromatic N) is 5. The van der Waals surface area contributed by atoms with Gasteiger partial charge in [0, 0.05) is 60.5 Å². The molecule has 2 heterocycles. The van der Waals surface area contributed by atoms with Crippen molar-refractivity contribution in [3.8, 4) is 11.4 Å². The molecule has 0 spiro atoms. The van der Waals surface area contributed by atoms with Crippen molar-refractivity contribution in [1.29, 1.82) is 0 Å². The SMILES string of the molecule is COc1ccc(-n2c(Cc3ccccc3)nnc2SCCCC(=O)N2CCN(C(=O)c3ccc(Cl)cc3)C(C)C2)cc1. The normalized spacial score (nSPS) is 15.1. The summed E-state index contributed by atoms with van der Waals surface area (Å²) in [7, 11) is 1.65. The Bertz CT molecular complexity index is 1500. The quantitative estimate of drug-likeness (QED) is 0.169. The number of piperazine rings is 1. The minimum absolute atomic E-state index is 0.0322. The van der Waals surface area contributed by atoms with Gasteiger partial charge in [-0.15, -0.1) is 10.2 Å². The molecule has 3 aromatic carbocycles. The van der Waals surface area contributed by atoms with Crippen molar-refractivity contribution >= 4 is 35.2 Å². The summed E-state index contributed by atoms with van der Waals surface area (Å²) in [5.41, 5.74) is 2.73. The van der Waals surface area contributed by atoms with E-state index in [1.54, 1.807) is 43.1 Å². The first-order chi connectivity index (χ1) is 20.4. The van der Waals surface area contributed by atoms with Crippen LogP contribution in [0.2, 0.25) is 5.02 Å². The second-order valence-corrected chi connectivity index (χ2v) is 11.7. The summed E-state index contributed by atoms with van der Waals surface area (Å²) in [6.07, 6.45) is 1.81. The molecular formula is C32H34ClN5O3S. The minimum Gasteiger partial charge on any atom is -0.497 e. The highest BCUT2D eigenvalue weighted by Gasteiger charge is 2.30. The molecule has 218 valence electrons. The molecular weight excluding hydrogens is 570 g/mol. The number of ether oxygens (including phenoxy) is 1. The number of carbonyl (C=O) groups excluding carboxylic acids is 2. The molecule has 1 unspecified atom stereocenters. The summed E-state index contributed by atoms with van der Waals surface area (Å²) in [4.78, 5) is 29.7. The fraction of sp³-hybridized carbons (Fsp3) is 0.312. The highest BCUT2D eigenvalue weighted by molar-refractivity contribution is 7.99. The lowest BCUT2D eigenvalue weighted by atomic mass is 10.1. The van der Waals surface area contributed by atoms with Crippen LogP contribution >= 0.6 is 23.4 Å². The van der Waals surface area contributed by atoms with Crippen LogP contribution in [0.5, 0.6) is 5.75 Å². The van der Waals surface area contributed by atoms with E-state index < -0.39 is 0 Å². The van der Waals surface area contributed by atoms with Crippen molar-refractivity contribution in [3.63, 3.8) is 0 Å². The molecule has 1 atom stereocenters. The largest absolute Gasteiger partial charge is 0.497 e. The molecule has 1 aromatic heterocycles. The third kappa shape index (κ3) is 7.14. The zero-order valence-electron chi connectivity index (χ0n) is 23.8. The lowest BCUT2D eigenvalue weighted by Gasteiger charge is -2.40. The number of halogens is 1. The van der Waals surface area contributed by atoms with Gasteiger partial charge >= 0.3 is 0 Å². The standard InChI is InChI=1S/C32H34ClN5O3S/c1-23-22-36(18-19-37(23)31(40)25-10-12-26(33)13-11-25)30(39)9-6-20-42-32-35-34-29(21-24-7-4-3-5-8-24)38(32)27-14-16-28(41-2)17-15-27/h3-5,7-8,10-17,23H,6,9,18-22H2,1-2H3. The highest BCUT2D eigenvalue weighted by atomic mass is 35.5. The van der Waals surface area contributed by atoms with E-state index in [1.165, 1.54) is 0 Å². The highest BCUT2D eigenvalue weighted by Crippen LogP contribution is 2.26. The Balaban J connectivity index is 1.17. The van der Waals surface area contributed by atoms with Gasteiger partial charge in [-0.2, -0.15) is 0 Å². The average Bonchev–Trinajstić information content (AvgIpc) is 3.41. The molecule has 10 heteroatoms. The first-order valence-electron chi connectivity index (χ1n) is 14.0. The van der Waals surface area contributed by atoms with Crippen LogP contribution < -0.4 is 4.74 Å². The van der Waals surface area contributed by atoms with Crippen LogP contribution in [-0.2, 0) is 11.2 Å². The van der Waals surface area contributed by atoms with Gasteiger partial charge in [-0.05, 0) is 67.4 Å². The summed E-state index contributed by atoms with van der Waals surface area (Å²) in [5.74, 6) is 2.45. The zero-order chi connectivity index (χ0) is 29.5. The van der Waals surface area contributed by atoms with Crippen molar-refractivity contribution < 1.29 is 14.3 Å². The van der Waals surface area contributed by atoms with E-state index in [-0.39, 0.29) is 17.9 Å². The smallest absolute Gasteiger partial charge is 0.254 e. The second kappa shape index (κ2) is 13.9. The molecule has 0 aliphatic carbocycles. The van der Waals surface area contributed by atoms with E-state index in [1.807, 2.05) is 59.2 Å². The third-order valence-corrected chi connectivity index (χ3v) is 8.60. The Kier molecular flexibility index (Phi) is 9.81. The lowest BCUT2D eigenvalue weighted by Crippen LogP contribution is -2.55. The topological polar surface area (TPSA) is 80.6 Å². The fourth-order valence-corrected chi connectivity index (χ4v) is 6.10. The van der Waals surface area contributed by atoms with Gasteiger partial charge in [0.25, 0.3) is 5.91 Å². The van der Waals surface area contributed by atoms with Gasteiger partial charge in [-0.25, -0.2) is 0 Å². The van der Waals surface area contributed by atoms with Gasteiger partial charge in [0.05, 0.1) is 7.11 Å². The fourth-order valence-electron chi connectivity index (χ4n) is 5.07. The molecule has 0 radical (unpaired) electrons. The number of hydrogen-bond donors (Lipinski definition) is 0. The van der Waals surface area contributed by atoms with Crippen LogP contribution in [0, 0.1) is 0 Å². The molecule has 42 heavy (non-hydrogen) atoms. The monoisotopic (exact) mass is 603 g/mol. The predicted octanol–water partition coefficient (Wildman–Crippen LogP) is 5.77. The molecule has 5 rings (SSSR count). The van der Waals surface area contributed by atoms with Crippen LogP contribution in [0.15, 0.2) is 84.0 Å². The minimum atomic E-state index is -0.0636. The average molecular weight is 604 g/mol. The Morgan fingerprint density at radius 2 is 1.71 bits per heavy atom. The maximum Gasteiger partial charge on any atom is 0.254 e. The van der Waals surface area contributed by atoms with E-state index >= 15 is 0 Å². The number of methoxy groups -OCH3 is 1. The number of aromatic nitrogens is 3. The first kappa shape index (κ1) is 29.7. The first-order valence-corrected chi connectivity index (χ1v) is 15.4. The van der Waals surface area contributed by atoms with E-state index in [2.05, 4.69) is 26.9 Å². The van der Waals surface area contributed by atoms with Crippen molar-refractivity contribution in [1.82, 2.24) is 24.6 Å². The summed E-state index contributed by atoms with van der Waals surface area (Å²) >= 11 is 7.57. The second-order valence-electron chi connectivity index (χ2n) is 10.2. The molecule has 8 nitrogen and oxygen atoms in total. The van der Waals surface area contributed by atoms with Crippen LogP contribution in [0.4, 0.5) is 0 Å². The van der Waals surface area contributed by atoms with E-state index in [9.17, 15) is 9.59 Å². The molecule has 2 amide bonds. The number of thioether (sulfide) groups is 1. The van der Waals surface area contributed by atoms with Gasteiger partial charge in [0.15, 0.2) is 5.16 Å². The maximum atomic E-state index is 13.0. The summed E-state index contributed by atoms with van der Waals surface area (Å²) < 4.78 is 7.42. The van der Waals surface area contributed by atoms with Gasteiger partial charge in [-0.3, -0.25) is 14.2 Å². The van der Waals surface area contributed by atoms with Gasteiger partial charge in [0.1, 0.15) is 11.6 Å². The van der Waals surface area contributed by atoms with Crippen LogP contribution in [-0.4, -0.2) is 74.9 Å². The van der Waals surface area contributed by atoms with Crippen LogP contribution in [0.3, 0.4) is 0 Å². The number of hydrogen-bond acceptors (Lipinski definition) is 6. The Morgan fingerprint density at radius 1 is 0.976 bits per heavy atom. The third-order valence-electron chi connectivity index (χ3n) is 7.33. The summed E-state index contributed by atoms with van der Waals surface area (Å²) in [6, 6.07) is 24.9. The van der Waals surface area contributed by atoms with Crippen molar-refractivity contribution in [2.45, 2.75) is 37.4 Å². The molecule has 1 fully saturated rings. The lowest BCUT2D eigenvalue weighted by molar-refractivity contribution is -0.133. The summed E-state index contributed by atoms with van der Waals surface area (Å²) in [6.45, 7) is 3.56. The Hall–Kier alpha value is -3.82. The molecule has 1 aliphatic rings. The molecule has 0 N–H and O–H groups in total. The number of rotatable bonds is 10. The molecule has 0 saturated carbocycles. The molecule has 4 aromatic rings. The molecule has 1 saturated heterocycles. The van der Waals surface area contributed by atoms with E-state index in [4.69, 9.17) is 16.3 Å². The van der Waals surface area contributed by atoms with Crippen molar-refractivity contribution in [2.24, 2.45) is 0 Å². The van der Waals surface area contributed by atoms with Crippen molar-refractivity contribution in [2.75, 3.05) is 32.5 Å². The van der Waals surface area contributed by atoms with Crippen LogP contribution in [0.1, 0.15) is 41.5 Å². The Labute approximate surface area is 255 Å². The van der Waals surface area contributed by atoms with Gasteiger partial charge in [0.2, 0.25) is 5.91 Å². The summed E-state index contributed by atoms with van der Waals surface area (Å²) in [5, 5.41) is 10.4. The number of benzene rings is 3. The maximum absolute atomic E-state index is 13.0. The van der Waals surface area contributed by atoms with E-state index in [0.717, 1.165) is 33.7 Å². The molecule has 1 aliphatic heterocycles. The predicted molar refractivity (Wildman–Crippen MR) is 166 cm³/mol.